The topological polar surface area (TPSA) is 61.3 Å². The maximum atomic E-state index is 11.5. The Morgan fingerprint density at radius 1 is 1.44 bits per heavy atom. The van der Waals surface area contributed by atoms with Gasteiger partial charge in [0.1, 0.15) is 11.9 Å². The number of nitrogens with zero attached hydrogens (tertiary/aromatic N) is 2. The molecular weight excluding hydrogens is 208 g/mol. The molecule has 0 unspecified atom stereocenters. The summed E-state index contributed by atoms with van der Waals surface area (Å²) in [7, 11) is 0. The van der Waals surface area contributed by atoms with Crippen molar-refractivity contribution < 1.29 is 14.3 Å². The van der Waals surface area contributed by atoms with Crippen LogP contribution in [0.4, 0.5) is 0 Å². The van der Waals surface area contributed by atoms with Crippen LogP contribution in [0.25, 0.3) is 6.08 Å². The number of aromatic nitrogens is 2. The first-order valence-corrected chi connectivity index (χ1v) is 5.04. The van der Waals surface area contributed by atoms with Gasteiger partial charge in [-0.1, -0.05) is 0 Å². The quantitative estimate of drug-likeness (QED) is 0.560. The molecule has 0 amide bonds. The van der Waals surface area contributed by atoms with E-state index < -0.39 is 5.97 Å². The third-order valence-electron chi connectivity index (χ3n) is 1.73. The highest BCUT2D eigenvalue weighted by Crippen LogP contribution is 2.07. The Labute approximate surface area is 94.1 Å². The smallest absolute Gasteiger partial charge is 0.341 e. The van der Waals surface area contributed by atoms with Crippen molar-refractivity contribution in [2.75, 3.05) is 13.2 Å². The van der Waals surface area contributed by atoms with Gasteiger partial charge in [-0.25, -0.2) is 14.8 Å². The van der Waals surface area contributed by atoms with Crippen molar-refractivity contribution in [3.05, 3.63) is 30.0 Å². The van der Waals surface area contributed by atoms with Crippen molar-refractivity contribution in [3.63, 3.8) is 0 Å². The van der Waals surface area contributed by atoms with E-state index in [1.54, 1.807) is 13.0 Å². The van der Waals surface area contributed by atoms with Crippen molar-refractivity contribution >= 4 is 12.0 Å². The molecule has 0 bridgehead atoms. The fourth-order valence-electron chi connectivity index (χ4n) is 1.05. The van der Waals surface area contributed by atoms with Gasteiger partial charge >= 0.3 is 5.97 Å². The van der Waals surface area contributed by atoms with Crippen LogP contribution in [0.5, 0.6) is 0 Å². The number of carbonyl (C=O) groups excluding carboxylic acids is 1. The van der Waals surface area contributed by atoms with Gasteiger partial charge in [-0.3, -0.25) is 0 Å². The molecule has 1 rings (SSSR count). The molecule has 0 aliphatic rings. The van der Waals surface area contributed by atoms with E-state index in [1.165, 1.54) is 18.8 Å². The molecule has 1 aromatic rings. The molecule has 5 nitrogen and oxygen atoms in total. The van der Waals surface area contributed by atoms with E-state index in [4.69, 9.17) is 9.47 Å². The van der Waals surface area contributed by atoms with E-state index in [-0.39, 0.29) is 0 Å². The second-order valence-corrected chi connectivity index (χ2v) is 2.80. The summed E-state index contributed by atoms with van der Waals surface area (Å²) in [6.45, 7) is 4.51. The summed E-state index contributed by atoms with van der Waals surface area (Å²) < 4.78 is 9.92. The van der Waals surface area contributed by atoms with E-state index in [0.29, 0.717) is 24.5 Å². The molecule has 0 fully saturated rings. The van der Waals surface area contributed by atoms with Gasteiger partial charge in [0.2, 0.25) is 0 Å². The van der Waals surface area contributed by atoms with Crippen molar-refractivity contribution in [2.24, 2.45) is 0 Å². The van der Waals surface area contributed by atoms with E-state index >= 15 is 0 Å². The molecule has 0 spiro atoms. The number of ether oxygens (including phenoxy) is 2. The van der Waals surface area contributed by atoms with Gasteiger partial charge in [0.25, 0.3) is 0 Å². The second-order valence-electron chi connectivity index (χ2n) is 2.80. The Morgan fingerprint density at radius 3 is 2.94 bits per heavy atom. The number of carbonyl (C=O) groups is 1. The Kier molecular flexibility index (Phi) is 4.98. The van der Waals surface area contributed by atoms with Gasteiger partial charge in [-0.2, -0.15) is 0 Å². The molecule has 0 N–H and O–H groups in total. The molecule has 0 aromatic carbocycles. The lowest BCUT2D eigenvalue weighted by Gasteiger charge is -2.03. The minimum atomic E-state index is -0.431. The van der Waals surface area contributed by atoms with Gasteiger partial charge in [0.05, 0.1) is 25.2 Å². The second kappa shape index (κ2) is 6.55. The van der Waals surface area contributed by atoms with Gasteiger partial charge in [-0.15, -0.1) is 0 Å². The van der Waals surface area contributed by atoms with Gasteiger partial charge < -0.3 is 9.47 Å². The standard InChI is InChI=1S/C11H14N2O3/c1-3-15-6-5-10-9(7-12-8-13-10)11(14)16-4-2/h5-8H,3-4H2,1-2H3. The highest BCUT2D eigenvalue weighted by atomic mass is 16.5. The van der Waals surface area contributed by atoms with E-state index in [1.807, 2.05) is 6.92 Å². The molecule has 0 saturated heterocycles. The van der Waals surface area contributed by atoms with E-state index in [9.17, 15) is 4.79 Å². The molecule has 16 heavy (non-hydrogen) atoms. The zero-order valence-corrected chi connectivity index (χ0v) is 9.34. The Morgan fingerprint density at radius 2 is 2.25 bits per heavy atom. The molecule has 1 aromatic heterocycles. The third kappa shape index (κ3) is 3.34. The van der Waals surface area contributed by atoms with E-state index in [2.05, 4.69) is 9.97 Å². The largest absolute Gasteiger partial charge is 0.501 e. The minimum Gasteiger partial charge on any atom is -0.501 e. The van der Waals surface area contributed by atoms with E-state index in [0.717, 1.165) is 0 Å². The first-order valence-electron chi connectivity index (χ1n) is 5.04. The summed E-state index contributed by atoms with van der Waals surface area (Å²) in [4.78, 5) is 19.3. The zero-order chi connectivity index (χ0) is 11.8. The van der Waals surface area contributed by atoms with Crippen LogP contribution in [-0.2, 0) is 9.47 Å². The van der Waals surface area contributed by atoms with Gasteiger partial charge in [0, 0.05) is 6.20 Å². The average Bonchev–Trinajstić information content (AvgIpc) is 2.30. The van der Waals surface area contributed by atoms with Gasteiger partial charge in [-0.05, 0) is 19.9 Å². The SMILES string of the molecule is CCOC=Cc1ncncc1C(=O)OCC. The zero-order valence-electron chi connectivity index (χ0n) is 9.34. The predicted molar refractivity (Wildman–Crippen MR) is 58.6 cm³/mol. The summed E-state index contributed by atoms with van der Waals surface area (Å²) in [5.41, 5.74) is 0.821. The summed E-state index contributed by atoms with van der Waals surface area (Å²) in [5, 5.41) is 0. The monoisotopic (exact) mass is 222 g/mol. The summed E-state index contributed by atoms with van der Waals surface area (Å²) >= 11 is 0. The first kappa shape index (κ1) is 12.2. The van der Waals surface area contributed by atoms with Crippen LogP contribution < -0.4 is 0 Å². The van der Waals surface area contributed by atoms with Crippen LogP contribution in [0, 0.1) is 0 Å². The maximum Gasteiger partial charge on any atom is 0.341 e. The Hall–Kier alpha value is -1.91. The molecule has 86 valence electrons. The van der Waals surface area contributed by atoms with Crippen LogP contribution in [0.3, 0.4) is 0 Å². The summed E-state index contributed by atoms with van der Waals surface area (Å²) in [6.07, 6.45) is 5.90. The predicted octanol–water partition coefficient (Wildman–Crippen LogP) is 1.66. The van der Waals surface area contributed by atoms with Crippen LogP contribution in [0.1, 0.15) is 29.9 Å². The van der Waals surface area contributed by atoms with Crippen molar-refractivity contribution in [1.29, 1.82) is 0 Å². The highest BCUT2D eigenvalue weighted by Gasteiger charge is 2.11. The van der Waals surface area contributed by atoms with Crippen molar-refractivity contribution in [1.82, 2.24) is 9.97 Å². The fourth-order valence-corrected chi connectivity index (χ4v) is 1.05. The number of hydrogen-bond acceptors (Lipinski definition) is 5. The normalized spacial score (nSPS) is 10.4. The van der Waals surface area contributed by atoms with Crippen molar-refractivity contribution in [3.8, 4) is 0 Å². The Bertz CT molecular complexity index is 377. The average molecular weight is 222 g/mol. The van der Waals surface area contributed by atoms with Crippen LogP contribution >= 0.6 is 0 Å². The molecule has 0 radical (unpaired) electrons. The molecule has 0 atom stereocenters. The van der Waals surface area contributed by atoms with Crippen LogP contribution in [0.2, 0.25) is 0 Å². The minimum absolute atomic E-state index is 0.322. The summed E-state index contributed by atoms with van der Waals surface area (Å²) in [5.74, 6) is -0.431. The van der Waals surface area contributed by atoms with Crippen LogP contribution in [-0.4, -0.2) is 29.2 Å². The molecule has 0 aliphatic heterocycles. The van der Waals surface area contributed by atoms with Crippen LogP contribution in [0.15, 0.2) is 18.8 Å². The first-order chi connectivity index (χ1) is 7.79. The lowest BCUT2D eigenvalue weighted by Crippen LogP contribution is -2.08. The number of esters is 1. The molecule has 0 saturated carbocycles. The van der Waals surface area contributed by atoms with Gasteiger partial charge in [0.15, 0.2) is 0 Å². The fraction of sp³-hybridized carbons (Fsp3) is 0.364. The third-order valence-corrected chi connectivity index (χ3v) is 1.73. The van der Waals surface area contributed by atoms with Crippen molar-refractivity contribution in [2.45, 2.75) is 13.8 Å². The highest BCUT2D eigenvalue weighted by molar-refractivity contribution is 5.92. The molecule has 5 heteroatoms. The molecular formula is C11H14N2O3. The number of rotatable bonds is 5. The molecule has 0 aliphatic carbocycles. The Balaban J connectivity index is 2.87. The molecule has 1 heterocycles. The lowest BCUT2D eigenvalue weighted by atomic mass is 10.2. The maximum absolute atomic E-state index is 11.5. The number of hydrogen-bond donors (Lipinski definition) is 0. The summed E-state index contributed by atoms with van der Waals surface area (Å²) in [6, 6.07) is 0. The lowest BCUT2D eigenvalue weighted by molar-refractivity contribution is 0.0525.